The molecule has 55 valence electrons. The smallest absolute Gasteiger partial charge is 0.232 e. The van der Waals surface area contributed by atoms with E-state index in [1.54, 1.807) is 6.07 Å². The zero-order valence-corrected chi connectivity index (χ0v) is 5.89. The van der Waals surface area contributed by atoms with Gasteiger partial charge in [0.25, 0.3) is 0 Å². The molecule has 0 aliphatic heterocycles. The second-order valence-electron chi connectivity index (χ2n) is 1.84. The van der Waals surface area contributed by atoms with Gasteiger partial charge in [-0.2, -0.15) is 0 Å². The lowest BCUT2D eigenvalue weighted by Crippen LogP contribution is -2.02. The lowest BCUT2D eigenvalue weighted by Gasteiger charge is -1.89. The monoisotopic (exact) mass is 160 g/mol. The first-order chi connectivity index (χ1) is 4.58. The minimum atomic E-state index is -3.69. The summed E-state index contributed by atoms with van der Waals surface area (Å²) in [6, 6.07) is 3.10. The quantitative estimate of drug-likeness (QED) is 0.628. The number of hydrogen-bond donors (Lipinski definition) is 0. The predicted octanol–water partition coefficient (Wildman–Crippen LogP) is 0.392. The van der Waals surface area contributed by atoms with Crippen LogP contribution in [0.1, 0.15) is 5.76 Å². The summed E-state index contributed by atoms with van der Waals surface area (Å²) >= 11 is 0. The predicted molar refractivity (Wildman–Crippen MR) is 34.4 cm³/mol. The van der Waals surface area contributed by atoms with Gasteiger partial charge in [-0.15, -0.1) is 5.14 Å². The molecule has 0 bridgehead atoms. The number of hydrogen-bond acceptors (Lipinski definition) is 3. The van der Waals surface area contributed by atoms with Crippen molar-refractivity contribution in [3.05, 3.63) is 24.2 Å². The van der Waals surface area contributed by atoms with Crippen LogP contribution in [0.5, 0.6) is 0 Å². The minimum Gasteiger partial charge on any atom is -0.468 e. The normalized spacial score (nSPS) is 11.7. The molecule has 0 aromatic carbocycles. The van der Waals surface area contributed by atoms with Crippen LogP contribution in [0.25, 0.3) is 0 Å². The van der Waals surface area contributed by atoms with Crippen LogP contribution in [0.3, 0.4) is 0 Å². The van der Waals surface area contributed by atoms with E-state index in [0.29, 0.717) is 5.76 Å². The SMILES string of the molecule is [NH]S(=O)(=O)Cc1ccco1. The zero-order valence-electron chi connectivity index (χ0n) is 5.07. The van der Waals surface area contributed by atoms with E-state index in [4.69, 9.17) is 9.56 Å². The lowest BCUT2D eigenvalue weighted by atomic mass is 10.5. The zero-order chi connectivity index (χ0) is 7.61. The summed E-state index contributed by atoms with van der Waals surface area (Å²) in [5.74, 6) is -0.0463. The maximum absolute atomic E-state index is 10.3. The summed E-state index contributed by atoms with van der Waals surface area (Å²) < 4.78 is 25.3. The second kappa shape index (κ2) is 2.43. The first kappa shape index (κ1) is 7.30. The topological polar surface area (TPSA) is 71.1 Å². The minimum absolute atomic E-state index is 0.301. The van der Waals surface area contributed by atoms with Crippen LogP contribution in [0.2, 0.25) is 0 Å². The fraction of sp³-hybridized carbons (Fsp3) is 0.200. The molecule has 0 amide bonds. The van der Waals surface area contributed by atoms with Crippen molar-refractivity contribution in [1.29, 1.82) is 0 Å². The summed E-state index contributed by atoms with van der Waals surface area (Å²) in [4.78, 5) is 0. The maximum Gasteiger partial charge on any atom is 0.232 e. The molecule has 0 spiro atoms. The van der Waals surface area contributed by atoms with Crippen molar-refractivity contribution in [2.75, 3.05) is 0 Å². The molecule has 0 aliphatic rings. The van der Waals surface area contributed by atoms with Gasteiger partial charge in [-0.05, 0) is 12.1 Å². The van der Waals surface area contributed by atoms with Crippen LogP contribution in [0, 0.1) is 0 Å². The van der Waals surface area contributed by atoms with Crippen molar-refractivity contribution in [3.63, 3.8) is 0 Å². The van der Waals surface area contributed by atoms with Crippen LogP contribution >= 0.6 is 0 Å². The van der Waals surface area contributed by atoms with Gasteiger partial charge >= 0.3 is 0 Å². The Bertz CT molecular complexity index is 287. The van der Waals surface area contributed by atoms with E-state index >= 15 is 0 Å². The Morgan fingerprint density at radius 3 is 2.70 bits per heavy atom. The van der Waals surface area contributed by atoms with Crippen LogP contribution < -0.4 is 5.14 Å². The first-order valence-electron chi connectivity index (χ1n) is 2.57. The molecule has 1 rings (SSSR count). The molecule has 0 unspecified atom stereocenters. The third-order valence-corrected chi connectivity index (χ3v) is 1.58. The van der Waals surface area contributed by atoms with E-state index in [1.807, 2.05) is 0 Å². The molecule has 1 N–H and O–H groups in total. The molecule has 4 nitrogen and oxygen atoms in total. The van der Waals surface area contributed by atoms with Crippen molar-refractivity contribution in [3.8, 4) is 0 Å². The van der Waals surface area contributed by atoms with E-state index in [-0.39, 0.29) is 5.75 Å². The summed E-state index contributed by atoms with van der Waals surface area (Å²) in [5, 5.41) is 6.52. The van der Waals surface area contributed by atoms with Gasteiger partial charge in [0.15, 0.2) is 0 Å². The van der Waals surface area contributed by atoms with Gasteiger partial charge in [0.2, 0.25) is 10.0 Å². The highest BCUT2D eigenvalue weighted by Crippen LogP contribution is 2.03. The van der Waals surface area contributed by atoms with Gasteiger partial charge in [-0.25, -0.2) is 8.42 Å². The molecule has 0 aliphatic carbocycles. The van der Waals surface area contributed by atoms with E-state index < -0.39 is 10.0 Å². The Morgan fingerprint density at radius 1 is 1.60 bits per heavy atom. The molecular formula is C5H6NO3S. The second-order valence-corrected chi connectivity index (χ2v) is 3.36. The molecule has 1 aromatic heterocycles. The van der Waals surface area contributed by atoms with Crippen LogP contribution in [-0.4, -0.2) is 8.42 Å². The van der Waals surface area contributed by atoms with Gasteiger partial charge in [-0.1, -0.05) is 0 Å². The van der Waals surface area contributed by atoms with Crippen LogP contribution in [0.15, 0.2) is 22.8 Å². The molecular weight excluding hydrogens is 154 g/mol. The summed E-state index contributed by atoms with van der Waals surface area (Å²) in [6.45, 7) is 0. The van der Waals surface area contributed by atoms with E-state index in [2.05, 4.69) is 0 Å². The van der Waals surface area contributed by atoms with Crippen LogP contribution in [-0.2, 0) is 15.8 Å². The van der Waals surface area contributed by atoms with Gasteiger partial charge in [0.1, 0.15) is 11.5 Å². The van der Waals surface area contributed by atoms with Gasteiger partial charge in [0, 0.05) is 0 Å². The van der Waals surface area contributed by atoms with Gasteiger partial charge < -0.3 is 4.42 Å². The van der Waals surface area contributed by atoms with Crippen LogP contribution in [0.4, 0.5) is 0 Å². The maximum atomic E-state index is 10.3. The molecule has 0 saturated carbocycles. The average Bonchev–Trinajstić information content (AvgIpc) is 2.12. The lowest BCUT2D eigenvalue weighted by molar-refractivity contribution is 0.520. The average molecular weight is 160 g/mol. The molecule has 0 fully saturated rings. The Hall–Kier alpha value is -0.810. The standard InChI is InChI=1S/C5H6NO3S/c6-10(7,8)4-5-2-1-3-9-5/h1-3,6H,4H2. The number of furan rings is 1. The van der Waals surface area contributed by atoms with E-state index in [1.165, 1.54) is 12.3 Å². The van der Waals surface area contributed by atoms with Crippen molar-refractivity contribution >= 4 is 10.0 Å². The van der Waals surface area contributed by atoms with Crippen molar-refractivity contribution < 1.29 is 12.8 Å². The highest BCUT2D eigenvalue weighted by atomic mass is 32.2. The van der Waals surface area contributed by atoms with Gasteiger partial charge in [0.05, 0.1) is 6.26 Å². The Labute approximate surface area is 58.7 Å². The Morgan fingerprint density at radius 2 is 2.30 bits per heavy atom. The van der Waals surface area contributed by atoms with E-state index in [0.717, 1.165) is 0 Å². The first-order valence-corrected chi connectivity index (χ1v) is 4.23. The molecule has 5 heteroatoms. The number of rotatable bonds is 2. The molecule has 0 saturated heterocycles. The molecule has 10 heavy (non-hydrogen) atoms. The van der Waals surface area contributed by atoms with E-state index in [9.17, 15) is 8.42 Å². The fourth-order valence-electron chi connectivity index (χ4n) is 0.582. The largest absolute Gasteiger partial charge is 0.468 e. The summed E-state index contributed by atoms with van der Waals surface area (Å²) in [6.07, 6.45) is 1.38. The summed E-state index contributed by atoms with van der Waals surface area (Å²) in [5.41, 5.74) is 0. The third-order valence-electron chi connectivity index (χ3n) is 0.912. The molecule has 0 atom stereocenters. The van der Waals surface area contributed by atoms with Crippen molar-refractivity contribution in [2.45, 2.75) is 5.75 Å². The Balaban J connectivity index is 2.75. The number of nitrogens with one attached hydrogen (secondary N) is 1. The highest BCUT2D eigenvalue weighted by Gasteiger charge is 2.06. The third kappa shape index (κ3) is 2.20. The molecule has 1 aromatic rings. The van der Waals surface area contributed by atoms with Crippen molar-refractivity contribution in [2.24, 2.45) is 0 Å². The number of sulfonamides is 1. The fourth-order valence-corrected chi connectivity index (χ4v) is 1.12. The Kier molecular flexibility index (Phi) is 1.78. The van der Waals surface area contributed by atoms with Gasteiger partial charge in [-0.3, -0.25) is 0 Å². The van der Waals surface area contributed by atoms with Crippen molar-refractivity contribution in [1.82, 2.24) is 5.14 Å². The molecule has 1 heterocycles. The molecule has 1 radical (unpaired) electrons. The summed E-state index contributed by atoms with van der Waals surface area (Å²) in [7, 11) is -3.69. The highest BCUT2D eigenvalue weighted by molar-refractivity contribution is 7.87.